The topological polar surface area (TPSA) is 80.5 Å². The predicted octanol–water partition coefficient (Wildman–Crippen LogP) is 4.34. The minimum absolute atomic E-state index is 0.0610. The summed E-state index contributed by atoms with van der Waals surface area (Å²) in [5.41, 5.74) is 0.161. The number of aromatic nitrogens is 2. The molecular formula is C21H20F2N4O3. The average molecular weight is 414 g/mol. The molecule has 0 radical (unpaired) electrons. The third-order valence-corrected chi connectivity index (χ3v) is 4.92. The fourth-order valence-electron chi connectivity index (χ4n) is 3.27. The van der Waals surface area contributed by atoms with Gasteiger partial charge in [0.05, 0.1) is 5.69 Å². The van der Waals surface area contributed by atoms with Gasteiger partial charge in [0.25, 0.3) is 5.89 Å². The second-order valence-electron chi connectivity index (χ2n) is 6.96. The zero-order valence-corrected chi connectivity index (χ0v) is 16.1. The van der Waals surface area contributed by atoms with E-state index in [9.17, 15) is 13.6 Å². The van der Waals surface area contributed by atoms with E-state index >= 15 is 0 Å². The summed E-state index contributed by atoms with van der Waals surface area (Å²) in [7, 11) is 0. The number of amides is 2. The number of halogens is 2. The van der Waals surface area contributed by atoms with Crippen LogP contribution in [0.15, 0.2) is 53.1 Å². The van der Waals surface area contributed by atoms with Crippen LogP contribution in [0.1, 0.15) is 30.5 Å². The lowest BCUT2D eigenvalue weighted by atomic mass is 9.96. The molecule has 3 aromatic rings. The molecule has 0 spiro atoms. The summed E-state index contributed by atoms with van der Waals surface area (Å²) >= 11 is 0. The number of piperidine rings is 1. The summed E-state index contributed by atoms with van der Waals surface area (Å²) in [6, 6.07) is 11.4. The average Bonchev–Trinajstić information content (AvgIpc) is 3.24. The van der Waals surface area contributed by atoms with E-state index in [1.54, 1.807) is 17.0 Å². The molecule has 0 bridgehead atoms. The minimum atomic E-state index is -0.470. The SMILES string of the molecule is O=C(Nc1ccccc1F)N1CCC(c2noc(COc3ccc(F)cc3)n2)CC1. The Balaban J connectivity index is 1.27. The zero-order chi connectivity index (χ0) is 20.9. The highest BCUT2D eigenvalue weighted by Crippen LogP contribution is 2.27. The molecule has 9 heteroatoms. The van der Waals surface area contributed by atoms with Crippen LogP contribution >= 0.6 is 0 Å². The van der Waals surface area contributed by atoms with E-state index in [4.69, 9.17) is 9.26 Å². The number of nitrogens with one attached hydrogen (secondary N) is 1. The first-order valence-corrected chi connectivity index (χ1v) is 9.60. The molecule has 4 rings (SSSR count). The Kier molecular flexibility index (Phi) is 5.87. The van der Waals surface area contributed by atoms with Crippen LogP contribution in [0.25, 0.3) is 0 Å². The van der Waals surface area contributed by atoms with E-state index in [0.717, 1.165) is 0 Å². The number of rotatable bonds is 5. The second-order valence-corrected chi connectivity index (χ2v) is 6.96. The Labute approximate surface area is 171 Å². The summed E-state index contributed by atoms with van der Waals surface area (Å²) in [5, 5.41) is 6.62. The Morgan fingerprint density at radius 3 is 2.60 bits per heavy atom. The Morgan fingerprint density at radius 2 is 1.87 bits per heavy atom. The summed E-state index contributed by atoms with van der Waals surface area (Å²) < 4.78 is 37.4. The summed E-state index contributed by atoms with van der Waals surface area (Å²) in [5.74, 6) is 0.659. The highest BCUT2D eigenvalue weighted by atomic mass is 19.1. The van der Waals surface area contributed by atoms with Gasteiger partial charge in [-0.15, -0.1) is 0 Å². The molecule has 1 aliphatic heterocycles. The van der Waals surface area contributed by atoms with Crippen molar-refractivity contribution in [3.8, 4) is 5.75 Å². The van der Waals surface area contributed by atoms with Crippen molar-refractivity contribution in [2.75, 3.05) is 18.4 Å². The van der Waals surface area contributed by atoms with Crippen molar-refractivity contribution in [1.82, 2.24) is 15.0 Å². The molecule has 0 unspecified atom stereocenters. The number of carbonyl (C=O) groups is 1. The number of carbonyl (C=O) groups excluding carboxylic acids is 1. The Bertz CT molecular complexity index is 1000. The molecule has 30 heavy (non-hydrogen) atoms. The van der Waals surface area contributed by atoms with Crippen LogP contribution in [0.2, 0.25) is 0 Å². The maximum atomic E-state index is 13.7. The van der Waals surface area contributed by atoms with Gasteiger partial charge < -0.3 is 19.5 Å². The lowest BCUT2D eigenvalue weighted by Crippen LogP contribution is -2.40. The summed E-state index contributed by atoms with van der Waals surface area (Å²) in [6.45, 7) is 1.09. The van der Waals surface area contributed by atoms with E-state index in [2.05, 4.69) is 15.5 Å². The van der Waals surface area contributed by atoms with Gasteiger partial charge >= 0.3 is 6.03 Å². The molecule has 2 amide bonds. The van der Waals surface area contributed by atoms with Gasteiger partial charge in [-0.2, -0.15) is 4.98 Å². The quantitative estimate of drug-likeness (QED) is 0.672. The second kappa shape index (κ2) is 8.89. The van der Waals surface area contributed by atoms with Gasteiger partial charge in [0.1, 0.15) is 17.4 Å². The van der Waals surface area contributed by atoms with Crippen molar-refractivity contribution in [2.45, 2.75) is 25.4 Å². The fraction of sp³-hybridized carbons (Fsp3) is 0.286. The van der Waals surface area contributed by atoms with Crippen molar-refractivity contribution in [3.63, 3.8) is 0 Å². The van der Waals surface area contributed by atoms with Crippen molar-refractivity contribution < 1.29 is 22.8 Å². The maximum absolute atomic E-state index is 13.7. The molecule has 7 nitrogen and oxygen atoms in total. The number of benzene rings is 2. The van der Waals surface area contributed by atoms with E-state index in [0.29, 0.717) is 43.4 Å². The molecular weight excluding hydrogens is 394 g/mol. The van der Waals surface area contributed by atoms with Gasteiger partial charge in [-0.25, -0.2) is 13.6 Å². The number of hydrogen-bond acceptors (Lipinski definition) is 5. The van der Waals surface area contributed by atoms with Gasteiger partial charge in [0, 0.05) is 19.0 Å². The van der Waals surface area contributed by atoms with Crippen molar-refractivity contribution in [1.29, 1.82) is 0 Å². The third kappa shape index (κ3) is 4.73. The Morgan fingerprint density at radius 1 is 1.13 bits per heavy atom. The number of anilines is 1. The maximum Gasteiger partial charge on any atom is 0.321 e. The van der Waals surface area contributed by atoms with Crippen LogP contribution in [-0.2, 0) is 6.61 Å². The molecule has 1 aliphatic rings. The monoisotopic (exact) mass is 414 g/mol. The number of likely N-dealkylation sites (tertiary alicyclic amines) is 1. The normalized spacial score (nSPS) is 14.5. The van der Waals surface area contributed by atoms with E-state index in [1.165, 1.54) is 36.4 Å². The van der Waals surface area contributed by atoms with Crippen LogP contribution in [0, 0.1) is 11.6 Å². The Hall–Kier alpha value is -3.49. The van der Waals surface area contributed by atoms with Gasteiger partial charge in [-0.05, 0) is 49.2 Å². The number of nitrogens with zero attached hydrogens (tertiary/aromatic N) is 3. The van der Waals surface area contributed by atoms with Crippen LogP contribution < -0.4 is 10.1 Å². The number of para-hydroxylation sites is 1. The minimum Gasteiger partial charge on any atom is -0.484 e. The summed E-state index contributed by atoms with van der Waals surface area (Å²) in [4.78, 5) is 18.4. The largest absolute Gasteiger partial charge is 0.484 e. The fourth-order valence-corrected chi connectivity index (χ4v) is 3.27. The lowest BCUT2D eigenvalue weighted by Gasteiger charge is -2.30. The smallest absolute Gasteiger partial charge is 0.321 e. The molecule has 1 fully saturated rings. The standard InChI is InChI=1S/C21H20F2N4O3/c22-15-5-7-16(8-6-15)29-13-19-25-20(26-30-19)14-9-11-27(12-10-14)21(28)24-18-4-2-1-3-17(18)23/h1-8,14H,9-13H2,(H,24,28). The number of urea groups is 1. The first kappa shape index (κ1) is 19.8. The van der Waals surface area contributed by atoms with Crippen molar-refractivity contribution in [3.05, 3.63) is 71.9 Å². The molecule has 1 aromatic heterocycles. The zero-order valence-electron chi connectivity index (χ0n) is 16.1. The number of hydrogen-bond donors (Lipinski definition) is 1. The molecule has 1 N–H and O–H groups in total. The first-order valence-electron chi connectivity index (χ1n) is 9.60. The van der Waals surface area contributed by atoms with E-state index in [-0.39, 0.29) is 30.1 Å². The first-order chi connectivity index (χ1) is 14.6. The molecule has 2 aromatic carbocycles. The van der Waals surface area contributed by atoms with Crippen LogP contribution in [0.3, 0.4) is 0 Å². The summed E-state index contributed by atoms with van der Waals surface area (Å²) in [6.07, 6.45) is 1.34. The molecule has 156 valence electrons. The highest BCUT2D eigenvalue weighted by molar-refractivity contribution is 5.89. The molecule has 2 heterocycles. The van der Waals surface area contributed by atoms with Gasteiger partial charge in [-0.1, -0.05) is 17.3 Å². The predicted molar refractivity (Wildman–Crippen MR) is 104 cm³/mol. The van der Waals surface area contributed by atoms with Crippen LogP contribution in [-0.4, -0.2) is 34.2 Å². The van der Waals surface area contributed by atoms with Crippen LogP contribution in [0.5, 0.6) is 5.75 Å². The van der Waals surface area contributed by atoms with E-state index < -0.39 is 5.82 Å². The number of ether oxygens (including phenoxy) is 1. The molecule has 0 atom stereocenters. The van der Waals surface area contributed by atoms with Crippen molar-refractivity contribution in [2.24, 2.45) is 0 Å². The molecule has 0 saturated carbocycles. The molecule has 1 saturated heterocycles. The highest BCUT2D eigenvalue weighted by Gasteiger charge is 2.27. The van der Waals surface area contributed by atoms with Gasteiger partial charge in [0.2, 0.25) is 0 Å². The third-order valence-electron chi connectivity index (χ3n) is 4.92. The van der Waals surface area contributed by atoms with E-state index in [1.807, 2.05) is 0 Å². The molecule has 0 aliphatic carbocycles. The van der Waals surface area contributed by atoms with Gasteiger partial charge in [-0.3, -0.25) is 0 Å². The van der Waals surface area contributed by atoms with Gasteiger partial charge in [0.15, 0.2) is 12.4 Å². The van der Waals surface area contributed by atoms with Crippen LogP contribution in [0.4, 0.5) is 19.3 Å². The lowest BCUT2D eigenvalue weighted by molar-refractivity contribution is 0.192. The van der Waals surface area contributed by atoms with Crippen molar-refractivity contribution >= 4 is 11.7 Å².